The van der Waals surface area contributed by atoms with Gasteiger partial charge in [-0.2, -0.15) is 0 Å². The number of rotatable bonds is 7. The molecule has 2 amide bonds. The fourth-order valence-corrected chi connectivity index (χ4v) is 2.61. The van der Waals surface area contributed by atoms with Crippen molar-refractivity contribution in [3.8, 4) is 5.75 Å². The van der Waals surface area contributed by atoms with E-state index in [2.05, 4.69) is 10.6 Å². The maximum atomic E-state index is 11.7. The lowest BCUT2D eigenvalue weighted by atomic mass is 9.98. The molecule has 1 aromatic rings. The second kappa shape index (κ2) is 9.30. The van der Waals surface area contributed by atoms with E-state index in [1.165, 1.54) is 32.1 Å². The van der Waals surface area contributed by atoms with E-state index < -0.39 is 0 Å². The van der Waals surface area contributed by atoms with Crippen LogP contribution in [-0.2, 0) is 4.74 Å². The SMILES string of the molecule is COc1ccc(NC(=O)NCCCOC2CCCCC2)cc1. The summed E-state index contributed by atoms with van der Waals surface area (Å²) in [5, 5.41) is 5.62. The molecule has 5 nitrogen and oxygen atoms in total. The molecule has 0 bridgehead atoms. The average molecular weight is 306 g/mol. The Bertz CT molecular complexity index is 442. The Kier molecular flexibility index (Phi) is 7.03. The lowest BCUT2D eigenvalue weighted by molar-refractivity contribution is 0.0276. The number of methoxy groups -OCH3 is 1. The van der Waals surface area contributed by atoms with E-state index in [0.29, 0.717) is 19.3 Å². The van der Waals surface area contributed by atoms with E-state index in [1.54, 1.807) is 7.11 Å². The van der Waals surface area contributed by atoms with Gasteiger partial charge in [-0.3, -0.25) is 0 Å². The van der Waals surface area contributed by atoms with Gasteiger partial charge in [-0.05, 0) is 43.5 Å². The van der Waals surface area contributed by atoms with Crippen LogP contribution in [0.2, 0.25) is 0 Å². The lowest BCUT2D eigenvalue weighted by Crippen LogP contribution is -2.30. The number of nitrogens with one attached hydrogen (secondary N) is 2. The van der Waals surface area contributed by atoms with E-state index in [-0.39, 0.29) is 6.03 Å². The number of carbonyl (C=O) groups is 1. The quantitative estimate of drug-likeness (QED) is 0.757. The molecule has 1 fully saturated rings. The van der Waals surface area contributed by atoms with E-state index in [0.717, 1.165) is 17.9 Å². The minimum absolute atomic E-state index is 0.192. The highest BCUT2D eigenvalue weighted by Gasteiger charge is 2.13. The number of amides is 2. The van der Waals surface area contributed by atoms with Crippen LogP contribution in [-0.4, -0.2) is 32.4 Å². The van der Waals surface area contributed by atoms with Crippen LogP contribution in [0.3, 0.4) is 0 Å². The monoisotopic (exact) mass is 306 g/mol. The summed E-state index contributed by atoms with van der Waals surface area (Å²) in [6, 6.07) is 7.05. The van der Waals surface area contributed by atoms with Crippen molar-refractivity contribution in [3.63, 3.8) is 0 Å². The first-order chi connectivity index (χ1) is 10.8. The van der Waals surface area contributed by atoms with E-state index in [1.807, 2.05) is 24.3 Å². The van der Waals surface area contributed by atoms with Gasteiger partial charge in [0, 0.05) is 18.8 Å². The first kappa shape index (κ1) is 16.6. The van der Waals surface area contributed by atoms with Gasteiger partial charge in [0.05, 0.1) is 13.2 Å². The number of ether oxygens (including phenoxy) is 2. The normalized spacial score (nSPS) is 15.3. The topological polar surface area (TPSA) is 59.6 Å². The number of anilines is 1. The van der Waals surface area contributed by atoms with Crippen LogP contribution in [0.1, 0.15) is 38.5 Å². The van der Waals surface area contributed by atoms with E-state index >= 15 is 0 Å². The Morgan fingerprint density at radius 2 is 1.91 bits per heavy atom. The van der Waals surface area contributed by atoms with Crippen molar-refractivity contribution >= 4 is 11.7 Å². The molecule has 1 aromatic carbocycles. The first-order valence-corrected chi connectivity index (χ1v) is 8.08. The van der Waals surface area contributed by atoms with Gasteiger partial charge >= 0.3 is 6.03 Å². The summed E-state index contributed by atoms with van der Waals surface area (Å²) in [6.07, 6.45) is 7.55. The maximum Gasteiger partial charge on any atom is 0.319 e. The number of carbonyl (C=O) groups excluding carboxylic acids is 1. The molecule has 0 unspecified atom stereocenters. The van der Waals surface area contributed by atoms with Gasteiger partial charge in [0.2, 0.25) is 0 Å². The highest BCUT2D eigenvalue weighted by molar-refractivity contribution is 5.89. The summed E-state index contributed by atoms with van der Waals surface area (Å²) in [7, 11) is 1.62. The molecule has 2 rings (SSSR count). The molecule has 0 spiro atoms. The molecule has 0 aromatic heterocycles. The van der Waals surface area contributed by atoms with Crippen molar-refractivity contribution < 1.29 is 14.3 Å². The lowest BCUT2D eigenvalue weighted by Gasteiger charge is -2.21. The molecule has 122 valence electrons. The summed E-state index contributed by atoms with van der Waals surface area (Å²) < 4.78 is 10.9. The van der Waals surface area contributed by atoms with Crippen LogP contribution >= 0.6 is 0 Å². The maximum absolute atomic E-state index is 11.7. The summed E-state index contributed by atoms with van der Waals surface area (Å²) in [6.45, 7) is 1.34. The predicted octanol–water partition coefficient (Wildman–Crippen LogP) is 3.56. The first-order valence-electron chi connectivity index (χ1n) is 8.08. The zero-order valence-corrected chi connectivity index (χ0v) is 13.3. The second-order valence-corrected chi connectivity index (χ2v) is 5.59. The van der Waals surface area contributed by atoms with E-state index in [9.17, 15) is 4.79 Å². The smallest absolute Gasteiger partial charge is 0.319 e. The third kappa shape index (κ3) is 5.93. The van der Waals surface area contributed by atoms with Gasteiger partial charge < -0.3 is 20.1 Å². The van der Waals surface area contributed by atoms with Gasteiger partial charge in [-0.25, -0.2) is 4.79 Å². The molecule has 1 aliphatic carbocycles. The Morgan fingerprint density at radius 3 is 2.59 bits per heavy atom. The molecule has 0 aliphatic heterocycles. The predicted molar refractivity (Wildman–Crippen MR) is 87.5 cm³/mol. The molecule has 1 aliphatic rings. The molecule has 2 N–H and O–H groups in total. The summed E-state index contributed by atoms with van der Waals surface area (Å²) in [5.74, 6) is 0.769. The Balaban J connectivity index is 1.55. The molecular weight excluding hydrogens is 280 g/mol. The van der Waals surface area contributed by atoms with Crippen molar-refractivity contribution in [2.24, 2.45) is 0 Å². The fourth-order valence-electron chi connectivity index (χ4n) is 2.61. The van der Waals surface area contributed by atoms with Crippen molar-refractivity contribution in [1.29, 1.82) is 0 Å². The van der Waals surface area contributed by atoms with Crippen molar-refractivity contribution in [3.05, 3.63) is 24.3 Å². The molecule has 5 heteroatoms. The Hall–Kier alpha value is -1.75. The van der Waals surface area contributed by atoms with Gasteiger partial charge in [-0.15, -0.1) is 0 Å². The minimum atomic E-state index is -0.192. The molecule has 22 heavy (non-hydrogen) atoms. The van der Waals surface area contributed by atoms with E-state index in [4.69, 9.17) is 9.47 Å². The minimum Gasteiger partial charge on any atom is -0.497 e. The molecule has 0 atom stereocenters. The van der Waals surface area contributed by atoms with Crippen molar-refractivity contribution in [2.75, 3.05) is 25.6 Å². The largest absolute Gasteiger partial charge is 0.497 e. The molecular formula is C17H26N2O3. The number of hydrogen-bond acceptors (Lipinski definition) is 3. The average Bonchev–Trinajstić information content (AvgIpc) is 2.56. The van der Waals surface area contributed by atoms with Crippen LogP contribution in [0.25, 0.3) is 0 Å². The highest BCUT2D eigenvalue weighted by Crippen LogP contribution is 2.20. The molecule has 0 heterocycles. The number of hydrogen-bond donors (Lipinski definition) is 2. The van der Waals surface area contributed by atoms with Crippen LogP contribution in [0.4, 0.5) is 10.5 Å². The van der Waals surface area contributed by atoms with Crippen LogP contribution in [0.5, 0.6) is 5.75 Å². The van der Waals surface area contributed by atoms with Gasteiger partial charge in [-0.1, -0.05) is 19.3 Å². The van der Waals surface area contributed by atoms with Gasteiger partial charge in [0.15, 0.2) is 0 Å². The number of benzene rings is 1. The summed E-state index contributed by atoms with van der Waals surface area (Å²) in [5.41, 5.74) is 0.747. The highest BCUT2D eigenvalue weighted by atomic mass is 16.5. The molecule has 0 saturated heterocycles. The third-order valence-electron chi connectivity index (χ3n) is 3.86. The van der Waals surface area contributed by atoms with Crippen molar-refractivity contribution in [2.45, 2.75) is 44.6 Å². The Morgan fingerprint density at radius 1 is 1.18 bits per heavy atom. The summed E-state index contributed by atoms with van der Waals surface area (Å²) in [4.78, 5) is 11.7. The van der Waals surface area contributed by atoms with Crippen LogP contribution < -0.4 is 15.4 Å². The third-order valence-corrected chi connectivity index (χ3v) is 3.86. The van der Waals surface area contributed by atoms with Gasteiger partial charge in [0.1, 0.15) is 5.75 Å². The molecule has 0 radical (unpaired) electrons. The standard InChI is InChI=1S/C17H26N2O3/c1-21-15-10-8-14(9-11-15)19-17(20)18-12-5-13-22-16-6-3-2-4-7-16/h8-11,16H,2-7,12-13H2,1H3,(H2,18,19,20). The Labute approximate surface area is 132 Å². The van der Waals surface area contributed by atoms with Crippen LogP contribution in [0, 0.1) is 0 Å². The zero-order valence-electron chi connectivity index (χ0n) is 13.3. The second-order valence-electron chi connectivity index (χ2n) is 5.59. The van der Waals surface area contributed by atoms with Gasteiger partial charge in [0.25, 0.3) is 0 Å². The summed E-state index contributed by atoms with van der Waals surface area (Å²) >= 11 is 0. The van der Waals surface area contributed by atoms with Crippen molar-refractivity contribution in [1.82, 2.24) is 5.32 Å². The van der Waals surface area contributed by atoms with Crippen LogP contribution in [0.15, 0.2) is 24.3 Å². The molecule has 1 saturated carbocycles. The zero-order chi connectivity index (χ0) is 15.6. The fraction of sp³-hybridized carbons (Fsp3) is 0.588. The number of urea groups is 1.